The predicted octanol–water partition coefficient (Wildman–Crippen LogP) is 3.96. The molecule has 2 aromatic rings. The monoisotopic (exact) mass is 394 g/mol. The van der Waals surface area contributed by atoms with Gasteiger partial charge < -0.3 is 20.4 Å². The van der Waals surface area contributed by atoms with E-state index in [1.54, 1.807) is 4.90 Å². The van der Waals surface area contributed by atoms with Gasteiger partial charge in [-0.3, -0.25) is 4.79 Å². The zero-order valence-corrected chi connectivity index (χ0v) is 17.4. The number of urea groups is 1. The van der Waals surface area contributed by atoms with Crippen molar-refractivity contribution in [3.8, 4) is 0 Å². The molecule has 0 aromatic heterocycles. The first kappa shape index (κ1) is 20.7. The van der Waals surface area contributed by atoms with E-state index >= 15 is 0 Å². The minimum absolute atomic E-state index is 0.0399. The fourth-order valence-electron chi connectivity index (χ4n) is 3.49. The molecule has 0 aliphatic carbocycles. The molecule has 154 valence electrons. The van der Waals surface area contributed by atoms with Gasteiger partial charge in [0.2, 0.25) is 0 Å². The highest BCUT2D eigenvalue weighted by atomic mass is 16.2. The summed E-state index contributed by atoms with van der Waals surface area (Å²) in [6, 6.07) is 17.3. The summed E-state index contributed by atoms with van der Waals surface area (Å²) in [5, 5.41) is 5.92. The first-order chi connectivity index (χ1) is 14.0. The summed E-state index contributed by atoms with van der Waals surface area (Å²) in [4.78, 5) is 29.1. The molecular formula is C23H30N4O2. The highest BCUT2D eigenvalue weighted by Crippen LogP contribution is 2.25. The van der Waals surface area contributed by atoms with Crippen LogP contribution in [0.5, 0.6) is 0 Å². The van der Waals surface area contributed by atoms with Crippen LogP contribution in [-0.2, 0) is 0 Å². The zero-order chi connectivity index (χ0) is 20.8. The topological polar surface area (TPSA) is 64.7 Å². The summed E-state index contributed by atoms with van der Waals surface area (Å²) >= 11 is 0. The number of piperidine rings is 1. The number of amides is 3. The number of carbonyl (C=O) groups is 2. The van der Waals surface area contributed by atoms with Crippen molar-refractivity contribution in [1.29, 1.82) is 0 Å². The molecule has 0 saturated carbocycles. The van der Waals surface area contributed by atoms with Crippen molar-refractivity contribution in [1.82, 2.24) is 10.2 Å². The summed E-state index contributed by atoms with van der Waals surface area (Å²) in [5.41, 5.74) is 2.48. The van der Waals surface area contributed by atoms with Gasteiger partial charge in [0.15, 0.2) is 0 Å². The Labute approximate surface area is 172 Å². The first-order valence-corrected chi connectivity index (χ1v) is 10.2. The molecule has 6 heteroatoms. The SMILES string of the molecule is CC(C)N(C)C(=O)c1ccccc1N1CCC(NC(=O)Nc2ccccc2)CC1. The molecule has 1 aliphatic heterocycles. The van der Waals surface area contributed by atoms with Crippen LogP contribution in [0.2, 0.25) is 0 Å². The van der Waals surface area contributed by atoms with E-state index < -0.39 is 0 Å². The molecule has 2 N–H and O–H groups in total. The van der Waals surface area contributed by atoms with Crippen LogP contribution in [0.25, 0.3) is 0 Å². The third-order valence-corrected chi connectivity index (χ3v) is 5.43. The molecule has 6 nitrogen and oxygen atoms in total. The molecule has 3 amide bonds. The Balaban J connectivity index is 1.58. The Morgan fingerprint density at radius 2 is 1.62 bits per heavy atom. The Morgan fingerprint density at radius 1 is 1.00 bits per heavy atom. The fourth-order valence-corrected chi connectivity index (χ4v) is 3.49. The Kier molecular flexibility index (Phi) is 6.75. The van der Waals surface area contributed by atoms with Crippen LogP contribution in [0.4, 0.5) is 16.2 Å². The van der Waals surface area contributed by atoms with Crippen molar-refractivity contribution in [3.05, 3.63) is 60.2 Å². The van der Waals surface area contributed by atoms with Gasteiger partial charge in [0.1, 0.15) is 0 Å². The maximum Gasteiger partial charge on any atom is 0.319 e. The molecular weight excluding hydrogens is 364 g/mol. The molecule has 0 radical (unpaired) electrons. The molecule has 3 rings (SSSR count). The lowest BCUT2D eigenvalue weighted by Gasteiger charge is -2.35. The zero-order valence-electron chi connectivity index (χ0n) is 17.4. The Bertz CT molecular complexity index is 830. The molecule has 1 fully saturated rings. The number of nitrogens with one attached hydrogen (secondary N) is 2. The van der Waals surface area contributed by atoms with Gasteiger partial charge in [-0.1, -0.05) is 30.3 Å². The maximum atomic E-state index is 12.9. The smallest absolute Gasteiger partial charge is 0.319 e. The second-order valence-electron chi connectivity index (χ2n) is 7.75. The summed E-state index contributed by atoms with van der Waals surface area (Å²) in [6.07, 6.45) is 1.68. The molecule has 1 aliphatic rings. The van der Waals surface area contributed by atoms with Gasteiger partial charge in [0, 0.05) is 43.6 Å². The van der Waals surface area contributed by atoms with Gasteiger partial charge in [0.05, 0.1) is 5.56 Å². The Hall–Kier alpha value is -3.02. The van der Waals surface area contributed by atoms with E-state index in [9.17, 15) is 9.59 Å². The van der Waals surface area contributed by atoms with E-state index in [0.717, 1.165) is 42.9 Å². The van der Waals surface area contributed by atoms with Crippen LogP contribution in [0.15, 0.2) is 54.6 Å². The molecule has 1 heterocycles. The lowest BCUT2D eigenvalue weighted by atomic mass is 10.0. The van der Waals surface area contributed by atoms with E-state index in [0.29, 0.717) is 0 Å². The molecule has 2 aromatic carbocycles. The number of carbonyl (C=O) groups excluding carboxylic acids is 2. The van der Waals surface area contributed by atoms with E-state index in [-0.39, 0.29) is 24.0 Å². The predicted molar refractivity (Wildman–Crippen MR) is 118 cm³/mol. The molecule has 1 saturated heterocycles. The second kappa shape index (κ2) is 9.45. The minimum Gasteiger partial charge on any atom is -0.371 e. The van der Waals surface area contributed by atoms with Gasteiger partial charge in [0.25, 0.3) is 5.91 Å². The summed E-state index contributed by atoms with van der Waals surface area (Å²) < 4.78 is 0. The van der Waals surface area contributed by atoms with Crippen molar-refractivity contribution < 1.29 is 9.59 Å². The number of benzene rings is 2. The van der Waals surface area contributed by atoms with Crippen LogP contribution in [0.3, 0.4) is 0 Å². The number of hydrogen-bond donors (Lipinski definition) is 2. The second-order valence-corrected chi connectivity index (χ2v) is 7.75. The van der Waals surface area contributed by atoms with Gasteiger partial charge in [-0.2, -0.15) is 0 Å². The van der Waals surface area contributed by atoms with Crippen molar-refractivity contribution >= 4 is 23.3 Å². The molecule has 0 bridgehead atoms. The van der Waals surface area contributed by atoms with Gasteiger partial charge in [-0.25, -0.2) is 4.79 Å². The van der Waals surface area contributed by atoms with Crippen molar-refractivity contribution in [2.24, 2.45) is 0 Å². The van der Waals surface area contributed by atoms with Crippen molar-refractivity contribution in [2.75, 3.05) is 30.4 Å². The highest BCUT2D eigenvalue weighted by molar-refractivity contribution is 5.99. The first-order valence-electron chi connectivity index (χ1n) is 10.2. The quantitative estimate of drug-likeness (QED) is 0.807. The lowest BCUT2D eigenvalue weighted by molar-refractivity contribution is 0.0755. The van der Waals surface area contributed by atoms with Crippen LogP contribution in [0, 0.1) is 0 Å². The average molecular weight is 395 g/mol. The van der Waals surface area contributed by atoms with Gasteiger partial charge in [-0.05, 0) is 51.0 Å². The average Bonchev–Trinajstić information content (AvgIpc) is 2.74. The highest BCUT2D eigenvalue weighted by Gasteiger charge is 2.25. The largest absolute Gasteiger partial charge is 0.371 e. The molecule has 29 heavy (non-hydrogen) atoms. The van der Waals surface area contributed by atoms with E-state index in [1.807, 2.05) is 75.5 Å². The normalized spacial score (nSPS) is 14.6. The van der Waals surface area contributed by atoms with Crippen LogP contribution in [-0.4, -0.2) is 49.1 Å². The third-order valence-electron chi connectivity index (χ3n) is 5.43. The fraction of sp³-hybridized carbons (Fsp3) is 0.391. The maximum absolute atomic E-state index is 12.9. The van der Waals surface area contributed by atoms with E-state index in [2.05, 4.69) is 15.5 Å². The molecule has 0 atom stereocenters. The summed E-state index contributed by atoms with van der Waals surface area (Å²) in [5.74, 6) is 0.0399. The molecule has 0 unspecified atom stereocenters. The van der Waals surface area contributed by atoms with E-state index in [4.69, 9.17) is 0 Å². The minimum atomic E-state index is -0.177. The lowest BCUT2D eigenvalue weighted by Crippen LogP contribution is -2.46. The van der Waals surface area contributed by atoms with Gasteiger partial charge in [-0.15, -0.1) is 0 Å². The number of anilines is 2. The van der Waals surface area contributed by atoms with Crippen molar-refractivity contribution in [3.63, 3.8) is 0 Å². The van der Waals surface area contributed by atoms with Gasteiger partial charge >= 0.3 is 6.03 Å². The summed E-state index contributed by atoms with van der Waals surface area (Å²) in [7, 11) is 1.84. The number of rotatable bonds is 5. The van der Waals surface area contributed by atoms with E-state index in [1.165, 1.54) is 0 Å². The third kappa shape index (κ3) is 5.28. The number of hydrogen-bond acceptors (Lipinski definition) is 3. The standard InChI is InChI=1S/C23H30N4O2/c1-17(2)26(3)22(28)20-11-7-8-12-21(20)27-15-13-19(14-16-27)25-23(29)24-18-9-5-4-6-10-18/h4-12,17,19H,13-16H2,1-3H3,(H2,24,25,29). The van der Waals surface area contributed by atoms with Crippen LogP contribution >= 0.6 is 0 Å². The number of para-hydroxylation sites is 2. The molecule has 0 spiro atoms. The van der Waals surface area contributed by atoms with Crippen LogP contribution in [0.1, 0.15) is 37.0 Å². The van der Waals surface area contributed by atoms with Crippen LogP contribution < -0.4 is 15.5 Å². The Morgan fingerprint density at radius 3 is 2.28 bits per heavy atom. The van der Waals surface area contributed by atoms with Crippen molar-refractivity contribution in [2.45, 2.75) is 38.8 Å². The summed E-state index contributed by atoms with van der Waals surface area (Å²) in [6.45, 7) is 5.62. The number of nitrogens with zero attached hydrogens (tertiary/aromatic N) is 2.